The maximum atomic E-state index is 11.5. The van der Waals surface area contributed by atoms with E-state index < -0.39 is 23.5 Å². The van der Waals surface area contributed by atoms with E-state index in [-0.39, 0.29) is 13.0 Å². The van der Waals surface area contributed by atoms with Crippen molar-refractivity contribution in [2.75, 3.05) is 6.61 Å². The first kappa shape index (κ1) is 13.5. The van der Waals surface area contributed by atoms with Gasteiger partial charge in [-0.3, -0.25) is 14.4 Å². The summed E-state index contributed by atoms with van der Waals surface area (Å²) in [6, 6.07) is 0. The van der Waals surface area contributed by atoms with Crippen LogP contribution in [0.5, 0.6) is 0 Å². The van der Waals surface area contributed by atoms with Gasteiger partial charge in [0.2, 0.25) is 0 Å². The summed E-state index contributed by atoms with van der Waals surface area (Å²) in [5.74, 6) is -3.09. The van der Waals surface area contributed by atoms with E-state index in [0.717, 1.165) is 6.08 Å². The second-order valence-corrected chi connectivity index (χ2v) is 3.01. The largest absolute Gasteiger partial charge is 0.465 e. The highest BCUT2D eigenvalue weighted by molar-refractivity contribution is 6.20. The Morgan fingerprint density at radius 3 is 2.33 bits per heavy atom. The lowest BCUT2D eigenvalue weighted by atomic mass is 9.96. The highest BCUT2D eigenvalue weighted by Crippen LogP contribution is 2.09. The Labute approximate surface area is 89.3 Å². The van der Waals surface area contributed by atoms with E-state index in [4.69, 9.17) is 0 Å². The van der Waals surface area contributed by atoms with E-state index in [2.05, 4.69) is 11.3 Å². The molecule has 0 fully saturated rings. The van der Waals surface area contributed by atoms with Crippen LogP contribution in [0.3, 0.4) is 0 Å². The number of hydrogen-bond donors (Lipinski definition) is 0. The number of Topliss-reactive ketones (excluding diaryl/α,β-unsaturated/α-hetero) is 1. The molecule has 1 unspecified atom stereocenters. The first-order valence-electron chi connectivity index (χ1n) is 4.94. The minimum absolute atomic E-state index is 0.152. The molecule has 0 spiro atoms. The van der Waals surface area contributed by atoms with E-state index in [1.807, 2.05) is 0 Å². The maximum Gasteiger partial charge on any atom is 0.324 e. The third-order valence-corrected chi connectivity index (χ3v) is 1.83. The molecule has 0 amide bonds. The van der Waals surface area contributed by atoms with Crippen molar-refractivity contribution in [1.82, 2.24) is 0 Å². The lowest BCUT2D eigenvalue weighted by Crippen LogP contribution is -2.32. The van der Waals surface area contributed by atoms with Crippen LogP contribution in [0.2, 0.25) is 0 Å². The molecular weight excluding hydrogens is 196 g/mol. The van der Waals surface area contributed by atoms with Crippen LogP contribution in [0.25, 0.3) is 0 Å². The second kappa shape index (κ2) is 6.92. The van der Waals surface area contributed by atoms with Gasteiger partial charge in [0.05, 0.1) is 6.61 Å². The predicted molar refractivity (Wildman–Crippen MR) is 55.2 cm³/mol. The molecule has 0 heterocycles. The van der Waals surface area contributed by atoms with Crippen LogP contribution in [0.1, 0.15) is 26.7 Å². The summed E-state index contributed by atoms with van der Waals surface area (Å²) in [6.45, 7) is 6.84. The molecule has 0 aliphatic heterocycles. The number of allylic oxidation sites excluding steroid dienone is 1. The third kappa shape index (κ3) is 4.06. The number of esters is 1. The molecular formula is C11H16O4. The van der Waals surface area contributed by atoms with Crippen LogP contribution >= 0.6 is 0 Å². The Bertz CT molecular complexity index is 250. The summed E-state index contributed by atoms with van der Waals surface area (Å²) in [5.41, 5.74) is 0. The summed E-state index contributed by atoms with van der Waals surface area (Å²) < 4.78 is 4.67. The fourth-order valence-corrected chi connectivity index (χ4v) is 1.14. The molecule has 0 aliphatic rings. The minimum atomic E-state index is -1.32. The molecule has 0 saturated carbocycles. The number of hydrogen-bond acceptors (Lipinski definition) is 4. The zero-order valence-electron chi connectivity index (χ0n) is 9.12. The Balaban J connectivity index is 4.71. The van der Waals surface area contributed by atoms with Gasteiger partial charge in [-0.05, 0) is 19.4 Å². The molecule has 0 bridgehead atoms. The number of carbonyl (C=O) groups is 3. The molecule has 0 aliphatic carbocycles. The third-order valence-electron chi connectivity index (χ3n) is 1.83. The van der Waals surface area contributed by atoms with E-state index in [1.54, 1.807) is 13.8 Å². The normalized spacial score (nSPS) is 11.6. The van der Waals surface area contributed by atoms with Gasteiger partial charge in [-0.2, -0.15) is 0 Å². The van der Waals surface area contributed by atoms with Crippen molar-refractivity contribution in [1.29, 1.82) is 0 Å². The maximum absolute atomic E-state index is 11.5. The average Bonchev–Trinajstić information content (AvgIpc) is 2.18. The molecule has 0 N–H and O–H groups in total. The zero-order valence-corrected chi connectivity index (χ0v) is 9.12. The zero-order chi connectivity index (χ0) is 11.8. The summed E-state index contributed by atoms with van der Waals surface area (Å²) in [4.78, 5) is 34.1. The van der Waals surface area contributed by atoms with Crippen LogP contribution in [0, 0.1) is 5.92 Å². The van der Waals surface area contributed by atoms with Crippen molar-refractivity contribution >= 4 is 17.5 Å². The van der Waals surface area contributed by atoms with Crippen LogP contribution < -0.4 is 0 Å². The first-order valence-corrected chi connectivity index (χ1v) is 4.94. The number of ketones is 2. The molecule has 1 atom stereocenters. The number of carbonyl (C=O) groups excluding carboxylic acids is 3. The van der Waals surface area contributed by atoms with Gasteiger partial charge in [-0.25, -0.2) is 0 Å². The van der Waals surface area contributed by atoms with Crippen molar-refractivity contribution < 1.29 is 19.1 Å². The van der Waals surface area contributed by atoms with Crippen LogP contribution in [0.15, 0.2) is 12.7 Å². The van der Waals surface area contributed by atoms with Crippen molar-refractivity contribution in [3.63, 3.8) is 0 Å². The van der Waals surface area contributed by atoms with E-state index in [9.17, 15) is 14.4 Å². The lowest BCUT2D eigenvalue weighted by Gasteiger charge is -2.10. The summed E-state index contributed by atoms with van der Waals surface area (Å²) in [6.07, 6.45) is 1.78. The van der Waals surface area contributed by atoms with Gasteiger partial charge >= 0.3 is 5.97 Å². The smallest absolute Gasteiger partial charge is 0.324 e. The van der Waals surface area contributed by atoms with Gasteiger partial charge < -0.3 is 4.74 Å². The molecule has 84 valence electrons. The Hall–Kier alpha value is -1.45. The fourth-order valence-electron chi connectivity index (χ4n) is 1.14. The van der Waals surface area contributed by atoms with Crippen LogP contribution in [0.4, 0.5) is 0 Å². The van der Waals surface area contributed by atoms with E-state index >= 15 is 0 Å². The first-order chi connectivity index (χ1) is 7.08. The van der Waals surface area contributed by atoms with E-state index in [0.29, 0.717) is 6.42 Å². The molecule has 15 heavy (non-hydrogen) atoms. The predicted octanol–water partition coefficient (Wildman–Crippen LogP) is 1.29. The molecule has 0 radical (unpaired) electrons. The van der Waals surface area contributed by atoms with Gasteiger partial charge in [0.1, 0.15) is 0 Å². The van der Waals surface area contributed by atoms with Crippen LogP contribution in [-0.4, -0.2) is 24.1 Å². The summed E-state index contributed by atoms with van der Waals surface area (Å²) in [7, 11) is 0. The molecule has 0 saturated heterocycles. The Morgan fingerprint density at radius 2 is 1.93 bits per heavy atom. The molecule has 0 aromatic heterocycles. The Kier molecular flexibility index (Phi) is 6.25. The topological polar surface area (TPSA) is 60.4 Å². The van der Waals surface area contributed by atoms with Crippen molar-refractivity contribution in [2.45, 2.75) is 26.7 Å². The molecule has 0 rings (SSSR count). The van der Waals surface area contributed by atoms with Gasteiger partial charge in [-0.1, -0.05) is 13.5 Å². The van der Waals surface area contributed by atoms with E-state index in [1.165, 1.54) is 0 Å². The van der Waals surface area contributed by atoms with Crippen molar-refractivity contribution in [3.8, 4) is 0 Å². The van der Waals surface area contributed by atoms with Crippen molar-refractivity contribution in [2.24, 2.45) is 5.92 Å². The quantitative estimate of drug-likeness (QED) is 0.362. The number of ether oxygens (including phenoxy) is 1. The molecule has 0 aromatic carbocycles. The highest BCUT2D eigenvalue weighted by atomic mass is 16.5. The van der Waals surface area contributed by atoms with Gasteiger partial charge in [-0.15, -0.1) is 0 Å². The van der Waals surface area contributed by atoms with Crippen LogP contribution in [-0.2, 0) is 19.1 Å². The highest BCUT2D eigenvalue weighted by Gasteiger charge is 2.32. The summed E-state index contributed by atoms with van der Waals surface area (Å²) in [5, 5.41) is 0. The molecule has 0 aromatic rings. The summed E-state index contributed by atoms with van der Waals surface area (Å²) >= 11 is 0. The average molecular weight is 212 g/mol. The van der Waals surface area contributed by atoms with Gasteiger partial charge in [0, 0.05) is 6.42 Å². The lowest BCUT2D eigenvalue weighted by molar-refractivity contribution is -0.153. The van der Waals surface area contributed by atoms with Gasteiger partial charge in [0.25, 0.3) is 0 Å². The van der Waals surface area contributed by atoms with Crippen molar-refractivity contribution in [3.05, 3.63) is 12.7 Å². The molecule has 4 nitrogen and oxygen atoms in total. The second-order valence-electron chi connectivity index (χ2n) is 3.01. The van der Waals surface area contributed by atoms with Gasteiger partial charge in [0.15, 0.2) is 17.5 Å². The SMILES string of the molecule is C=CC(=O)C(C(=O)CCC)C(=O)OCC. The monoisotopic (exact) mass is 212 g/mol. The number of rotatable bonds is 7. The Morgan fingerprint density at radius 1 is 1.33 bits per heavy atom. The fraction of sp³-hybridized carbons (Fsp3) is 0.545. The minimum Gasteiger partial charge on any atom is -0.465 e. The standard InChI is InChI=1S/C11H16O4/c1-4-7-9(13)10(8(12)5-2)11(14)15-6-3/h5,10H,2,4,6-7H2,1,3H3. The molecule has 4 heteroatoms.